The smallest absolute Gasteiger partial charge is 0.125 e. The minimum atomic E-state index is -0.977. The van der Waals surface area contributed by atoms with Gasteiger partial charge < -0.3 is 20.3 Å². The Kier molecular flexibility index (Phi) is 2.78. The molecule has 1 aliphatic rings. The number of rotatable bonds is 3. The first-order chi connectivity index (χ1) is 7.66. The molecule has 0 spiro atoms. The van der Waals surface area contributed by atoms with Gasteiger partial charge in [-0.3, -0.25) is 0 Å². The van der Waals surface area contributed by atoms with E-state index in [0.717, 1.165) is 23.3 Å². The molecule has 0 bridgehead atoms. The lowest BCUT2D eigenvalue weighted by Crippen LogP contribution is -2.32. The second kappa shape index (κ2) is 3.96. The molecule has 1 unspecified atom stereocenters. The van der Waals surface area contributed by atoms with E-state index in [9.17, 15) is 5.11 Å². The molecular weight excluding hydrogens is 206 g/mol. The minimum absolute atomic E-state index is 0.198. The lowest BCUT2D eigenvalue weighted by Gasteiger charge is -2.24. The Morgan fingerprint density at radius 2 is 1.94 bits per heavy atom. The molecule has 0 saturated heterocycles. The van der Waals surface area contributed by atoms with Crippen molar-refractivity contribution in [1.82, 2.24) is 0 Å². The van der Waals surface area contributed by atoms with Crippen molar-refractivity contribution in [2.24, 2.45) is 5.73 Å². The molecule has 0 aromatic heterocycles. The third kappa shape index (κ3) is 1.45. The molecule has 2 rings (SSSR count). The molecule has 0 aliphatic heterocycles. The summed E-state index contributed by atoms with van der Waals surface area (Å²) in [5.41, 5.74) is 6.47. The van der Waals surface area contributed by atoms with Gasteiger partial charge in [0.15, 0.2) is 0 Å². The fraction of sp³-hybridized carbons (Fsp3) is 0.500. The fourth-order valence-electron chi connectivity index (χ4n) is 2.39. The topological polar surface area (TPSA) is 64.7 Å². The number of ether oxygens (including phenoxy) is 2. The molecular formula is C12H17NO3. The van der Waals surface area contributed by atoms with Crippen LogP contribution in [0.15, 0.2) is 12.1 Å². The van der Waals surface area contributed by atoms with Crippen molar-refractivity contribution in [2.75, 3.05) is 20.8 Å². The molecule has 0 saturated carbocycles. The van der Waals surface area contributed by atoms with Gasteiger partial charge in [-0.1, -0.05) is 0 Å². The van der Waals surface area contributed by atoms with Crippen LogP contribution in [0.4, 0.5) is 0 Å². The zero-order valence-corrected chi connectivity index (χ0v) is 9.62. The molecule has 3 N–H and O–H groups in total. The second-order valence-electron chi connectivity index (χ2n) is 4.06. The number of fused-ring (bicyclic) bond motifs is 1. The van der Waals surface area contributed by atoms with Crippen LogP contribution in [0.3, 0.4) is 0 Å². The number of hydrogen-bond acceptors (Lipinski definition) is 4. The first kappa shape index (κ1) is 11.2. The largest absolute Gasteiger partial charge is 0.496 e. The summed E-state index contributed by atoms with van der Waals surface area (Å²) >= 11 is 0. The van der Waals surface area contributed by atoms with Crippen molar-refractivity contribution in [3.63, 3.8) is 0 Å². The summed E-state index contributed by atoms with van der Waals surface area (Å²) in [7, 11) is 3.22. The molecule has 4 nitrogen and oxygen atoms in total. The maximum atomic E-state index is 10.4. The molecule has 0 heterocycles. The highest BCUT2D eigenvalue weighted by Gasteiger charge is 2.39. The van der Waals surface area contributed by atoms with Crippen molar-refractivity contribution >= 4 is 0 Å². The van der Waals surface area contributed by atoms with Gasteiger partial charge in [-0.05, 0) is 25.0 Å². The Balaban J connectivity index is 2.62. The fourth-order valence-corrected chi connectivity index (χ4v) is 2.39. The van der Waals surface area contributed by atoms with Gasteiger partial charge in [0.1, 0.15) is 17.1 Å². The van der Waals surface area contributed by atoms with E-state index in [2.05, 4.69) is 0 Å². The summed E-state index contributed by atoms with van der Waals surface area (Å²) in [4.78, 5) is 0. The van der Waals surface area contributed by atoms with Gasteiger partial charge in [0.05, 0.1) is 14.2 Å². The summed E-state index contributed by atoms with van der Waals surface area (Å²) < 4.78 is 10.6. The van der Waals surface area contributed by atoms with Crippen LogP contribution in [0.2, 0.25) is 0 Å². The molecule has 1 atom stereocenters. The Bertz CT molecular complexity index is 405. The maximum Gasteiger partial charge on any atom is 0.125 e. The second-order valence-corrected chi connectivity index (χ2v) is 4.06. The molecule has 0 fully saturated rings. The number of methoxy groups -OCH3 is 2. The van der Waals surface area contributed by atoms with Gasteiger partial charge in [0.25, 0.3) is 0 Å². The summed E-state index contributed by atoms with van der Waals surface area (Å²) in [5.74, 6) is 1.47. The van der Waals surface area contributed by atoms with Gasteiger partial charge in [-0.25, -0.2) is 0 Å². The molecule has 1 aliphatic carbocycles. The van der Waals surface area contributed by atoms with Crippen molar-refractivity contribution in [3.8, 4) is 11.5 Å². The van der Waals surface area contributed by atoms with E-state index >= 15 is 0 Å². The Labute approximate surface area is 95.0 Å². The van der Waals surface area contributed by atoms with Crippen LogP contribution in [-0.4, -0.2) is 25.9 Å². The number of nitrogens with two attached hydrogens (primary N) is 1. The van der Waals surface area contributed by atoms with E-state index in [4.69, 9.17) is 15.2 Å². The van der Waals surface area contributed by atoms with Gasteiger partial charge in [-0.2, -0.15) is 0 Å². The van der Waals surface area contributed by atoms with Crippen molar-refractivity contribution in [2.45, 2.75) is 18.4 Å². The van der Waals surface area contributed by atoms with E-state index in [0.29, 0.717) is 12.2 Å². The number of aliphatic hydroxyl groups is 1. The Morgan fingerprint density at radius 1 is 1.31 bits per heavy atom. The van der Waals surface area contributed by atoms with Crippen molar-refractivity contribution in [1.29, 1.82) is 0 Å². The van der Waals surface area contributed by atoms with Gasteiger partial charge in [0.2, 0.25) is 0 Å². The maximum absolute atomic E-state index is 10.4. The van der Waals surface area contributed by atoms with E-state index < -0.39 is 5.60 Å². The number of benzene rings is 1. The molecule has 16 heavy (non-hydrogen) atoms. The Morgan fingerprint density at radius 3 is 2.50 bits per heavy atom. The predicted octanol–water partition coefficient (Wildman–Crippen LogP) is 0.796. The average Bonchev–Trinajstić information content (AvgIpc) is 2.68. The third-order valence-electron chi connectivity index (χ3n) is 3.26. The van der Waals surface area contributed by atoms with Crippen LogP contribution in [0, 0.1) is 0 Å². The minimum Gasteiger partial charge on any atom is -0.496 e. The third-order valence-corrected chi connectivity index (χ3v) is 3.26. The highest BCUT2D eigenvalue weighted by Crippen LogP contribution is 2.45. The predicted molar refractivity (Wildman–Crippen MR) is 60.8 cm³/mol. The normalized spacial score (nSPS) is 23.0. The van der Waals surface area contributed by atoms with Gasteiger partial charge in [-0.15, -0.1) is 0 Å². The molecule has 0 radical (unpaired) electrons. The first-order valence-electron chi connectivity index (χ1n) is 5.33. The van der Waals surface area contributed by atoms with E-state index in [1.54, 1.807) is 14.2 Å². The monoisotopic (exact) mass is 223 g/mol. The summed E-state index contributed by atoms with van der Waals surface area (Å²) in [5, 5.41) is 10.4. The molecule has 88 valence electrons. The molecule has 0 amide bonds. The molecule has 1 aromatic carbocycles. The van der Waals surface area contributed by atoms with Crippen molar-refractivity contribution < 1.29 is 14.6 Å². The van der Waals surface area contributed by atoms with Gasteiger partial charge >= 0.3 is 0 Å². The van der Waals surface area contributed by atoms with E-state index in [1.807, 2.05) is 12.1 Å². The van der Waals surface area contributed by atoms with Gasteiger partial charge in [0, 0.05) is 17.7 Å². The van der Waals surface area contributed by atoms with Crippen LogP contribution in [0.25, 0.3) is 0 Å². The van der Waals surface area contributed by atoms with E-state index in [1.165, 1.54) is 0 Å². The van der Waals surface area contributed by atoms with Crippen LogP contribution in [0.5, 0.6) is 11.5 Å². The molecule has 1 aromatic rings. The van der Waals surface area contributed by atoms with Crippen LogP contribution in [-0.2, 0) is 12.0 Å². The summed E-state index contributed by atoms with van der Waals surface area (Å²) in [6, 6.07) is 3.67. The Hall–Kier alpha value is -1.26. The zero-order valence-electron chi connectivity index (χ0n) is 9.62. The first-order valence-corrected chi connectivity index (χ1v) is 5.33. The van der Waals surface area contributed by atoms with Crippen LogP contribution >= 0.6 is 0 Å². The van der Waals surface area contributed by atoms with Crippen molar-refractivity contribution in [3.05, 3.63) is 23.3 Å². The number of hydrogen-bond donors (Lipinski definition) is 2. The molecule has 4 heteroatoms. The highest BCUT2D eigenvalue weighted by atomic mass is 16.5. The van der Waals surface area contributed by atoms with E-state index in [-0.39, 0.29) is 6.54 Å². The standard InChI is InChI=1S/C12H17NO3/c1-15-9-3-4-10(16-2)11-8(9)5-6-12(11,14)7-13/h3-4,14H,5-7,13H2,1-2H3. The van der Waals surface area contributed by atoms with Crippen LogP contribution < -0.4 is 15.2 Å². The summed E-state index contributed by atoms with van der Waals surface area (Å²) in [6.45, 7) is 0.198. The summed E-state index contributed by atoms with van der Waals surface area (Å²) in [6.07, 6.45) is 1.39. The lowest BCUT2D eigenvalue weighted by atomic mass is 9.95. The zero-order chi connectivity index (χ0) is 11.8. The van der Waals surface area contributed by atoms with Crippen LogP contribution in [0.1, 0.15) is 17.5 Å². The lowest BCUT2D eigenvalue weighted by molar-refractivity contribution is 0.0458. The highest BCUT2D eigenvalue weighted by molar-refractivity contribution is 5.54. The quantitative estimate of drug-likeness (QED) is 0.795. The average molecular weight is 223 g/mol. The SMILES string of the molecule is COc1ccc(OC)c2c1CCC2(O)CN.